The van der Waals surface area contributed by atoms with Crippen LogP contribution in [0.1, 0.15) is 19.3 Å². The number of piperidine rings is 1. The van der Waals surface area contributed by atoms with Crippen molar-refractivity contribution < 1.29 is 17.9 Å². The van der Waals surface area contributed by atoms with Crippen molar-refractivity contribution in [3.05, 3.63) is 40.9 Å². The molecule has 2 atom stereocenters. The summed E-state index contributed by atoms with van der Waals surface area (Å²) >= 11 is 3.33. The number of β-amino-alcohol motifs (C(OH)–C–C–N with tert-alkyl or cyclic N) is 1. The van der Waals surface area contributed by atoms with E-state index < -0.39 is 28.0 Å². The van der Waals surface area contributed by atoms with Crippen molar-refractivity contribution >= 4 is 37.4 Å². The SMILES string of the molecule is O=S(=O)(C1CC1)N1CC[C@@H](Nc2ncc3c(F)cc(-c4ccc(Br)cn4)n3n2)[C@H](O)C1. The van der Waals surface area contributed by atoms with Gasteiger partial charge in [0.25, 0.3) is 0 Å². The molecule has 9 nitrogen and oxygen atoms in total. The third-order valence-corrected chi connectivity index (χ3v) is 8.46. The maximum atomic E-state index is 14.4. The molecule has 2 aliphatic rings. The Balaban J connectivity index is 1.37. The lowest BCUT2D eigenvalue weighted by Crippen LogP contribution is -2.52. The van der Waals surface area contributed by atoms with Crippen molar-refractivity contribution in [2.24, 2.45) is 0 Å². The first-order chi connectivity index (χ1) is 14.8. The molecule has 1 saturated heterocycles. The minimum Gasteiger partial charge on any atom is -0.390 e. The van der Waals surface area contributed by atoms with Gasteiger partial charge in [-0.25, -0.2) is 22.3 Å². The molecule has 2 N–H and O–H groups in total. The minimum absolute atomic E-state index is 0.0327. The number of anilines is 1. The van der Waals surface area contributed by atoms with E-state index in [1.54, 1.807) is 18.3 Å². The standard InChI is InChI=1S/C19H20BrFN6O3S/c20-11-1-4-14(22-8-11)16-7-13(21)17-9-23-19(25-27(16)17)24-15-5-6-26(10-18(15)28)31(29,30)12-2-3-12/h1,4,7-9,12,15,18,28H,2-3,5-6,10H2,(H,24,25)/t15-,18-/m1/s1. The number of pyridine rings is 1. The van der Waals surface area contributed by atoms with Gasteiger partial charge < -0.3 is 10.4 Å². The summed E-state index contributed by atoms with van der Waals surface area (Å²) in [7, 11) is -3.33. The Labute approximate surface area is 186 Å². The molecule has 12 heteroatoms. The zero-order valence-corrected chi connectivity index (χ0v) is 18.7. The molecule has 5 rings (SSSR count). The quantitative estimate of drug-likeness (QED) is 0.539. The first-order valence-corrected chi connectivity index (χ1v) is 12.2. The zero-order chi connectivity index (χ0) is 21.8. The second-order valence-corrected chi connectivity index (χ2v) is 11.0. The van der Waals surface area contributed by atoms with Crippen LogP contribution in [0.15, 0.2) is 35.1 Å². The molecule has 0 spiro atoms. The number of aliphatic hydroxyl groups is 1. The van der Waals surface area contributed by atoms with Crippen LogP contribution in [0, 0.1) is 5.82 Å². The second-order valence-electron chi connectivity index (χ2n) is 7.83. The number of aliphatic hydroxyl groups excluding tert-OH is 1. The molecular weight excluding hydrogens is 491 g/mol. The van der Waals surface area contributed by atoms with E-state index in [9.17, 15) is 17.9 Å². The van der Waals surface area contributed by atoms with Crippen LogP contribution in [0.2, 0.25) is 0 Å². The average Bonchev–Trinajstić information content (AvgIpc) is 3.56. The Morgan fingerprint density at radius 1 is 1.19 bits per heavy atom. The van der Waals surface area contributed by atoms with Crippen molar-refractivity contribution in [2.45, 2.75) is 36.7 Å². The highest BCUT2D eigenvalue weighted by Gasteiger charge is 2.43. The van der Waals surface area contributed by atoms with E-state index in [0.717, 1.165) is 4.47 Å². The van der Waals surface area contributed by atoms with Crippen LogP contribution in [-0.4, -0.2) is 67.9 Å². The van der Waals surface area contributed by atoms with E-state index in [-0.39, 0.29) is 23.3 Å². The average molecular weight is 511 g/mol. The van der Waals surface area contributed by atoms with Gasteiger partial charge in [-0.1, -0.05) is 0 Å². The fourth-order valence-electron chi connectivity index (χ4n) is 3.77. The molecule has 2 fully saturated rings. The molecule has 31 heavy (non-hydrogen) atoms. The van der Waals surface area contributed by atoms with Gasteiger partial charge in [0, 0.05) is 29.8 Å². The minimum atomic E-state index is -3.33. The molecule has 0 bridgehead atoms. The summed E-state index contributed by atoms with van der Waals surface area (Å²) in [6.07, 6.45) is 3.87. The number of nitrogens with zero attached hydrogens (tertiary/aromatic N) is 5. The first kappa shape index (κ1) is 20.7. The predicted octanol–water partition coefficient (Wildman–Crippen LogP) is 2.03. The van der Waals surface area contributed by atoms with Crippen molar-refractivity contribution in [1.82, 2.24) is 23.9 Å². The van der Waals surface area contributed by atoms with Crippen molar-refractivity contribution in [3.63, 3.8) is 0 Å². The summed E-state index contributed by atoms with van der Waals surface area (Å²) in [5.74, 6) is -0.256. The summed E-state index contributed by atoms with van der Waals surface area (Å²) in [4.78, 5) is 8.47. The van der Waals surface area contributed by atoms with Gasteiger partial charge in [-0.2, -0.15) is 4.31 Å². The summed E-state index contributed by atoms with van der Waals surface area (Å²) in [6.45, 7) is 0.354. The smallest absolute Gasteiger partial charge is 0.241 e. The van der Waals surface area contributed by atoms with Crippen LogP contribution < -0.4 is 5.32 Å². The van der Waals surface area contributed by atoms with Gasteiger partial charge >= 0.3 is 0 Å². The van der Waals surface area contributed by atoms with Crippen LogP contribution in [-0.2, 0) is 10.0 Å². The highest BCUT2D eigenvalue weighted by atomic mass is 79.9. The molecular formula is C19H20BrFN6O3S. The maximum absolute atomic E-state index is 14.4. The monoisotopic (exact) mass is 510 g/mol. The van der Waals surface area contributed by atoms with Crippen LogP contribution in [0.25, 0.3) is 16.9 Å². The number of nitrogens with one attached hydrogen (secondary N) is 1. The number of hydrogen-bond acceptors (Lipinski definition) is 7. The second kappa shape index (κ2) is 7.76. The Hall–Kier alpha value is -2.15. The number of fused-ring (bicyclic) bond motifs is 1. The van der Waals surface area contributed by atoms with E-state index in [1.165, 1.54) is 21.1 Å². The van der Waals surface area contributed by atoms with Crippen LogP contribution >= 0.6 is 15.9 Å². The predicted molar refractivity (Wildman–Crippen MR) is 115 cm³/mol. The molecule has 0 aromatic carbocycles. The van der Waals surface area contributed by atoms with E-state index in [2.05, 4.69) is 36.3 Å². The van der Waals surface area contributed by atoms with E-state index in [1.807, 2.05) is 0 Å². The van der Waals surface area contributed by atoms with Crippen LogP contribution in [0.4, 0.5) is 10.3 Å². The van der Waals surface area contributed by atoms with E-state index in [0.29, 0.717) is 37.2 Å². The van der Waals surface area contributed by atoms with E-state index in [4.69, 9.17) is 0 Å². The highest BCUT2D eigenvalue weighted by molar-refractivity contribution is 9.10. The molecule has 0 unspecified atom stereocenters. The number of aromatic nitrogens is 4. The topological polar surface area (TPSA) is 113 Å². The van der Waals surface area contributed by atoms with Gasteiger partial charge in [0.1, 0.15) is 5.52 Å². The molecule has 1 aliphatic heterocycles. The molecule has 0 radical (unpaired) electrons. The van der Waals surface area contributed by atoms with Gasteiger partial charge in [-0.05, 0) is 47.3 Å². The fraction of sp³-hybridized carbons (Fsp3) is 0.421. The normalized spacial score (nSPS) is 22.7. The summed E-state index contributed by atoms with van der Waals surface area (Å²) in [6, 6.07) is 4.48. The molecule has 4 heterocycles. The summed E-state index contributed by atoms with van der Waals surface area (Å²) in [5, 5.41) is 17.7. The maximum Gasteiger partial charge on any atom is 0.241 e. The lowest BCUT2D eigenvalue weighted by atomic mass is 10.0. The molecule has 1 saturated carbocycles. The Bertz CT molecular complexity index is 1230. The molecule has 1 aliphatic carbocycles. The third-order valence-electron chi connectivity index (χ3n) is 5.62. The largest absolute Gasteiger partial charge is 0.390 e. The molecule has 3 aromatic rings. The Morgan fingerprint density at radius 2 is 2.00 bits per heavy atom. The number of hydrogen-bond donors (Lipinski definition) is 2. The van der Waals surface area contributed by atoms with E-state index >= 15 is 0 Å². The summed E-state index contributed by atoms with van der Waals surface area (Å²) in [5.41, 5.74) is 1.22. The van der Waals surface area contributed by atoms with Gasteiger partial charge in [0.2, 0.25) is 16.0 Å². The number of rotatable bonds is 5. The lowest BCUT2D eigenvalue weighted by molar-refractivity contribution is 0.0946. The first-order valence-electron chi connectivity index (χ1n) is 9.93. The van der Waals surface area contributed by atoms with Gasteiger partial charge in [-0.15, -0.1) is 5.10 Å². The Morgan fingerprint density at radius 3 is 2.68 bits per heavy atom. The molecule has 3 aromatic heterocycles. The van der Waals surface area contributed by atoms with Crippen LogP contribution in [0.3, 0.4) is 0 Å². The van der Waals surface area contributed by atoms with Crippen molar-refractivity contribution in [1.29, 1.82) is 0 Å². The van der Waals surface area contributed by atoms with Gasteiger partial charge in [0.15, 0.2) is 5.82 Å². The molecule has 164 valence electrons. The van der Waals surface area contributed by atoms with Crippen LogP contribution in [0.5, 0.6) is 0 Å². The fourth-order valence-corrected chi connectivity index (χ4v) is 5.88. The number of sulfonamides is 1. The molecule has 0 amide bonds. The number of halogens is 2. The lowest BCUT2D eigenvalue weighted by Gasteiger charge is -2.35. The van der Waals surface area contributed by atoms with Crippen molar-refractivity contribution in [2.75, 3.05) is 18.4 Å². The van der Waals surface area contributed by atoms with Gasteiger partial charge in [0.05, 0.1) is 35.0 Å². The highest BCUT2D eigenvalue weighted by Crippen LogP contribution is 2.32. The van der Waals surface area contributed by atoms with Gasteiger partial charge in [-0.3, -0.25) is 4.98 Å². The summed E-state index contributed by atoms with van der Waals surface area (Å²) < 4.78 is 42.8. The Kier molecular flexibility index (Phi) is 5.19. The third kappa shape index (κ3) is 3.93. The zero-order valence-electron chi connectivity index (χ0n) is 16.3. The van der Waals surface area contributed by atoms with Crippen molar-refractivity contribution in [3.8, 4) is 11.4 Å².